The summed E-state index contributed by atoms with van der Waals surface area (Å²) in [7, 11) is 0. The monoisotopic (exact) mass is 348 g/mol. The highest BCUT2D eigenvalue weighted by Crippen LogP contribution is 2.28. The zero-order valence-electron chi connectivity index (χ0n) is 14.7. The predicted molar refractivity (Wildman–Crippen MR) is 101 cm³/mol. The molecule has 0 spiro atoms. The topological polar surface area (TPSA) is 80.5 Å². The van der Waals surface area contributed by atoms with E-state index in [1.807, 2.05) is 25.1 Å². The molecule has 2 N–H and O–H groups in total. The Morgan fingerprint density at radius 1 is 1.15 bits per heavy atom. The molecule has 1 amide bonds. The van der Waals surface area contributed by atoms with Gasteiger partial charge in [0.15, 0.2) is 5.82 Å². The summed E-state index contributed by atoms with van der Waals surface area (Å²) in [6.07, 6.45) is 1.62. The van der Waals surface area contributed by atoms with Gasteiger partial charge in [0.1, 0.15) is 5.69 Å². The number of amides is 1. The molecule has 0 fully saturated rings. The first kappa shape index (κ1) is 16.1. The fourth-order valence-corrected chi connectivity index (χ4v) is 3.25. The minimum atomic E-state index is -0.224. The second kappa shape index (κ2) is 6.51. The van der Waals surface area contributed by atoms with Gasteiger partial charge in [-0.2, -0.15) is 10.2 Å². The number of hydrogen-bond donors (Lipinski definition) is 2. The third-order valence-electron chi connectivity index (χ3n) is 4.47. The highest BCUT2D eigenvalue weighted by molar-refractivity contribution is 6.02. The van der Waals surface area contributed by atoms with E-state index in [1.54, 1.807) is 16.9 Å². The fraction of sp³-hybridized carbons (Fsp3) is 0.211. The van der Waals surface area contributed by atoms with E-state index in [1.165, 1.54) is 10.9 Å². The van der Waals surface area contributed by atoms with Gasteiger partial charge in [-0.25, -0.2) is 0 Å². The SMILES string of the molecule is CCn1nccc1C(=O)Nc1cc(-c2cc3ccccc3n2CC)[nH]n1. The lowest BCUT2D eigenvalue weighted by Gasteiger charge is -2.05. The second-order valence-corrected chi connectivity index (χ2v) is 5.99. The molecular weight excluding hydrogens is 328 g/mol. The Bertz CT molecular complexity index is 1070. The van der Waals surface area contributed by atoms with Crippen LogP contribution in [0, 0.1) is 0 Å². The molecule has 0 atom stereocenters. The normalized spacial score (nSPS) is 11.2. The number of nitrogens with zero attached hydrogens (tertiary/aromatic N) is 4. The molecule has 0 saturated carbocycles. The quantitative estimate of drug-likeness (QED) is 0.579. The van der Waals surface area contributed by atoms with Crippen LogP contribution in [0.2, 0.25) is 0 Å². The van der Waals surface area contributed by atoms with Gasteiger partial charge >= 0.3 is 0 Å². The zero-order valence-corrected chi connectivity index (χ0v) is 14.7. The van der Waals surface area contributed by atoms with Gasteiger partial charge in [-0.1, -0.05) is 18.2 Å². The minimum absolute atomic E-state index is 0.224. The molecule has 0 bridgehead atoms. The molecule has 4 rings (SSSR count). The Morgan fingerprint density at radius 3 is 2.81 bits per heavy atom. The van der Waals surface area contributed by atoms with Gasteiger partial charge in [0.2, 0.25) is 0 Å². The summed E-state index contributed by atoms with van der Waals surface area (Å²) < 4.78 is 3.87. The van der Waals surface area contributed by atoms with Crippen molar-refractivity contribution in [1.29, 1.82) is 0 Å². The Morgan fingerprint density at radius 2 is 2.00 bits per heavy atom. The van der Waals surface area contributed by atoms with Crippen LogP contribution < -0.4 is 5.32 Å². The van der Waals surface area contributed by atoms with E-state index in [2.05, 4.69) is 50.3 Å². The third kappa shape index (κ3) is 2.67. The van der Waals surface area contributed by atoms with Gasteiger partial charge in [0.25, 0.3) is 5.91 Å². The summed E-state index contributed by atoms with van der Waals surface area (Å²) in [5.74, 6) is 0.264. The molecule has 26 heavy (non-hydrogen) atoms. The molecule has 4 aromatic rings. The van der Waals surface area contributed by atoms with Crippen LogP contribution in [-0.2, 0) is 13.1 Å². The van der Waals surface area contributed by atoms with Gasteiger partial charge in [-0.05, 0) is 32.0 Å². The van der Waals surface area contributed by atoms with Crippen molar-refractivity contribution in [1.82, 2.24) is 24.5 Å². The molecule has 0 aliphatic rings. The number of rotatable bonds is 5. The van der Waals surface area contributed by atoms with Crippen LogP contribution >= 0.6 is 0 Å². The van der Waals surface area contributed by atoms with Crippen molar-refractivity contribution >= 4 is 22.6 Å². The first-order valence-electron chi connectivity index (χ1n) is 8.68. The van der Waals surface area contributed by atoms with Crippen molar-refractivity contribution in [3.63, 3.8) is 0 Å². The van der Waals surface area contributed by atoms with Crippen LogP contribution in [0.15, 0.2) is 48.7 Å². The Hall–Kier alpha value is -3.35. The number of carbonyl (C=O) groups excluding carboxylic acids is 1. The lowest BCUT2D eigenvalue weighted by Crippen LogP contribution is -2.17. The summed E-state index contributed by atoms with van der Waals surface area (Å²) in [5, 5.41) is 15.4. The predicted octanol–water partition coefficient (Wildman–Crippen LogP) is 3.52. The smallest absolute Gasteiger partial charge is 0.275 e. The molecular formula is C19H20N6O. The highest BCUT2D eigenvalue weighted by Gasteiger charge is 2.15. The number of nitrogens with one attached hydrogen (secondary N) is 2. The number of carbonyl (C=O) groups is 1. The van der Waals surface area contributed by atoms with Gasteiger partial charge in [0.05, 0.1) is 11.4 Å². The molecule has 0 saturated heterocycles. The van der Waals surface area contributed by atoms with Crippen LogP contribution in [0.5, 0.6) is 0 Å². The fourth-order valence-electron chi connectivity index (χ4n) is 3.25. The van der Waals surface area contributed by atoms with Gasteiger partial charge in [0, 0.05) is 36.3 Å². The summed E-state index contributed by atoms with van der Waals surface area (Å²) in [6, 6.07) is 13.9. The molecule has 1 aromatic carbocycles. The molecule has 3 aromatic heterocycles. The lowest BCUT2D eigenvalue weighted by atomic mass is 10.2. The van der Waals surface area contributed by atoms with Gasteiger partial charge < -0.3 is 9.88 Å². The third-order valence-corrected chi connectivity index (χ3v) is 4.47. The lowest BCUT2D eigenvalue weighted by molar-refractivity contribution is 0.101. The van der Waals surface area contributed by atoms with Gasteiger partial charge in [-0.3, -0.25) is 14.6 Å². The maximum absolute atomic E-state index is 12.4. The van der Waals surface area contributed by atoms with E-state index < -0.39 is 0 Å². The Labute approximate surface area is 150 Å². The maximum atomic E-state index is 12.4. The summed E-state index contributed by atoms with van der Waals surface area (Å²) in [5.41, 5.74) is 3.60. The Balaban J connectivity index is 1.64. The maximum Gasteiger partial charge on any atom is 0.275 e. The minimum Gasteiger partial charge on any atom is -0.340 e. The first-order chi connectivity index (χ1) is 12.7. The van der Waals surface area contributed by atoms with Crippen molar-refractivity contribution < 1.29 is 4.79 Å². The average Bonchev–Trinajstić information content (AvgIpc) is 3.38. The summed E-state index contributed by atoms with van der Waals surface area (Å²) in [4.78, 5) is 12.4. The molecule has 7 heteroatoms. The number of aromatic nitrogens is 5. The number of para-hydroxylation sites is 1. The first-order valence-corrected chi connectivity index (χ1v) is 8.68. The van der Waals surface area contributed by atoms with E-state index in [9.17, 15) is 4.79 Å². The van der Waals surface area contributed by atoms with E-state index >= 15 is 0 Å². The zero-order chi connectivity index (χ0) is 18.1. The molecule has 132 valence electrons. The summed E-state index contributed by atoms with van der Waals surface area (Å²) >= 11 is 0. The van der Waals surface area contributed by atoms with Crippen molar-refractivity contribution in [2.75, 3.05) is 5.32 Å². The van der Waals surface area contributed by atoms with Crippen molar-refractivity contribution in [2.45, 2.75) is 26.9 Å². The van der Waals surface area contributed by atoms with E-state index in [4.69, 9.17) is 0 Å². The van der Waals surface area contributed by atoms with E-state index in [0.29, 0.717) is 18.1 Å². The van der Waals surface area contributed by atoms with E-state index in [-0.39, 0.29) is 5.91 Å². The molecule has 0 aliphatic carbocycles. The standard InChI is InChI=1S/C19H20N6O/c1-3-24-15-8-6-5-7-13(15)11-17(24)14-12-18(23-22-14)21-19(26)16-9-10-20-25(16)4-2/h5-12H,3-4H2,1-2H3,(H2,21,22,23,26). The Kier molecular flexibility index (Phi) is 4.04. The molecule has 0 aliphatic heterocycles. The number of aryl methyl sites for hydroxylation is 2. The largest absolute Gasteiger partial charge is 0.340 e. The van der Waals surface area contributed by atoms with Crippen molar-refractivity contribution in [3.8, 4) is 11.4 Å². The van der Waals surface area contributed by atoms with Crippen LogP contribution in [0.1, 0.15) is 24.3 Å². The number of fused-ring (bicyclic) bond motifs is 1. The second-order valence-electron chi connectivity index (χ2n) is 5.99. The average molecular weight is 348 g/mol. The number of aromatic amines is 1. The van der Waals surface area contributed by atoms with E-state index in [0.717, 1.165) is 17.9 Å². The van der Waals surface area contributed by atoms with Crippen LogP contribution in [0.4, 0.5) is 5.82 Å². The molecule has 7 nitrogen and oxygen atoms in total. The van der Waals surface area contributed by atoms with Crippen LogP contribution in [-0.4, -0.2) is 30.5 Å². The van der Waals surface area contributed by atoms with Crippen molar-refractivity contribution in [3.05, 3.63) is 54.4 Å². The van der Waals surface area contributed by atoms with Crippen molar-refractivity contribution in [2.24, 2.45) is 0 Å². The number of hydrogen-bond acceptors (Lipinski definition) is 3. The number of benzene rings is 1. The van der Waals surface area contributed by atoms with Crippen LogP contribution in [0.25, 0.3) is 22.3 Å². The van der Waals surface area contributed by atoms with Crippen LogP contribution in [0.3, 0.4) is 0 Å². The highest BCUT2D eigenvalue weighted by atomic mass is 16.2. The molecule has 3 heterocycles. The molecule has 0 unspecified atom stereocenters. The van der Waals surface area contributed by atoms with Gasteiger partial charge in [-0.15, -0.1) is 0 Å². The number of H-pyrrole nitrogens is 1. The summed E-state index contributed by atoms with van der Waals surface area (Å²) in [6.45, 7) is 5.54. The molecule has 0 radical (unpaired) electrons. The number of anilines is 1.